The van der Waals surface area contributed by atoms with Gasteiger partial charge in [0.15, 0.2) is 5.96 Å². The number of guanidine groups is 1. The highest BCUT2D eigenvalue weighted by molar-refractivity contribution is 6.30. The minimum absolute atomic E-state index is 0.654. The van der Waals surface area contributed by atoms with Gasteiger partial charge in [0.25, 0.3) is 0 Å². The molecule has 0 saturated heterocycles. The van der Waals surface area contributed by atoms with E-state index in [-0.39, 0.29) is 0 Å². The molecule has 2 aromatic rings. The van der Waals surface area contributed by atoms with Crippen molar-refractivity contribution >= 4 is 17.6 Å². The van der Waals surface area contributed by atoms with Gasteiger partial charge in [-0.05, 0) is 36.2 Å². The average Bonchev–Trinajstić information content (AvgIpc) is 2.53. The number of nitrogens with one attached hydrogen (secondary N) is 2. The summed E-state index contributed by atoms with van der Waals surface area (Å²) < 4.78 is 0. The van der Waals surface area contributed by atoms with E-state index >= 15 is 0 Å². The summed E-state index contributed by atoms with van der Waals surface area (Å²) in [5.41, 5.74) is 2.23. The SMILES string of the molecule is CN=C(NCCc1ccc(Cl)cc1)NCc1ccccn1. The number of rotatable bonds is 5. The fourth-order valence-electron chi connectivity index (χ4n) is 1.87. The molecule has 0 aliphatic heterocycles. The van der Waals surface area contributed by atoms with Gasteiger partial charge in [-0.2, -0.15) is 0 Å². The lowest BCUT2D eigenvalue weighted by Crippen LogP contribution is -2.38. The molecule has 0 aliphatic carbocycles. The summed E-state index contributed by atoms with van der Waals surface area (Å²) >= 11 is 5.87. The molecule has 0 fully saturated rings. The van der Waals surface area contributed by atoms with Crippen LogP contribution in [-0.2, 0) is 13.0 Å². The van der Waals surface area contributed by atoms with Gasteiger partial charge in [-0.3, -0.25) is 9.98 Å². The molecule has 0 radical (unpaired) electrons. The number of benzene rings is 1. The number of halogens is 1. The number of hydrogen-bond acceptors (Lipinski definition) is 2. The van der Waals surface area contributed by atoms with Crippen LogP contribution in [0.5, 0.6) is 0 Å². The zero-order valence-corrected chi connectivity index (χ0v) is 12.8. The topological polar surface area (TPSA) is 49.3 Å². The Morgan fingerprint density at radius 2 is 1.95 bits per heavy atom. The third-order valence-electron chi connectivity index (χ3n) is 3.01. The summed E-state index contributed by atoms with van der Waals surface area (Å²) in [6.07, 6.45) is 2.70. The first-order valence-electron chi connectivity index (χ1n) is 6.87. The van der Waals surface area contributed by atoms with Crippen LogP contribution in [0.15, 0.2) is 53.7 Å². The molecule has 1 heterocycles. The van der Waals surface area contributed by atoms with E-state index in [0.717, 1.165) is 29.6 Å². The third kappa shape index (κ3) is 5.44. The van der Waals surface area contributed by atoms with Crippen LogP contribution in [-0.4, -0.2) is 24.5 Å². The zero-order chi connectivity index (χ0) is 14.9. The summed E-state index contributed by atoms with van der Waals surface area (Å²) in [5.74, 6) is 0.773. The Labute approximate surface area is 130 Å². The molecular formula is C16H19ClN4. The Hall–Kier alpha value is -2.07. The molecule has 2 N–H and O–H groups in total. The summed E-state index contributed by atoms with van der Waals surface area (Å²) in [5, 5.41) is 7.28. The quantitative estimate of drug-likeness (QED) is 0.659. The van der Waals surface area contributed by atoms with Crippen molar-refractivity contribution in [3.8, 4) is 0 Å². The van der Waals surface area contributed by atoms with E-state index in [0.29, 0.717) is 6.54 Å². The van der Waals surface area contributed by atoms with Crippen LogP contribution in [0.3, 0.4) is 0 Å². The first-order valence-corrected chi connectivity index (χ1v) is 7.24. The molecule has 0 atom stereocenters. The van der Waals surface area contributed by atoms with Crippen molar-refractivity contribution in [2.45, 2.75) is 13.0 Å². The van der Waals surface area contributed by atoms with Gasteiger partial charge in [-0.25, -0.2) is 0 Å². The lowest BCUT2D eigenvalue weighted by atomic mass is 10.1. The Kier molecular flexibility index (Phi) is 6.03. The molecule has 0 amide bonds. The second-order valence-electron chi connectivity index (χ2n) is 4.55. The molecule has 5 heteroatoms. The second-order valence-corrected chi connectivity index (χ2v) is 4.99. The molecular weight excluding hydrogens is 284 g/mol. The molecule has 0 bridgehead atoms. The van der Waals surface area contributed by atoms with Crippen molar-refractivity contribution in [3.63, 3.8) is 0 Å². The minimum atomic E-state index is 0.654. The zero-order valence-electron chi connectivity index (χ0n) is 12.0. The van der Waals surface area contributed by atoms with Crippen LogP contribution in [0.1, 0.15) is 11.3 Å². The highest BCUT2D eigenvalue weighted by Crippen LogP contribution is 2.09. The second kappa shape index (κ2) is 8.27. The van der Waals surface area contributed by atoms with Gasteiger partial charge in [0.05, 0.1) is 12.2 Å². The number of aromatic nitrogens is 1. The van der Waals surface area contributed by atoms with E-state index in [1.165, 1.54) is 5.56 Å². The van der Waals surface area contributed by atoms with Gasteiger partial charge in [0.2, 0.25) is 0 Å². The molecule has 2 rings (SSSR count). The van der Waals surface area contributed by atoms with Gasteiger partial charge in [0, 0.05) is 24.8 Å². The Balaban J connectivity index is 1.74. The Morgan fingerprint density at radius 1 is 1.14 bits per heavy atom. The molecule has 4 nitrogen and oxygen atoms in total. The van der Waals surface area contributed by atoms with Gasteiger partial charge < -0.3 is 10.6 Å². The normalized spacial score (nSPS) is 11.2. The fraction of sp³-hybridized carbons (Fsp3) is 0.250. The highest BCUT2D eigenvalue weighted by Gasteiger charge is 1.99. The van der Waals surface area contributed by atoms with Crippen LogP contribution in [0.4, 0.5) is 0 Å². The van der Waals surface area contributed by atoms with Crippen LogP contribution < -0.4 is 10.6 Å². The maximum absolute atomic E-state index is 5.87. The van der Waals surface area contributed by atoms with Crippen LogP contribution in [0.2, 0.25) is 5.02 Å². The van der Waals surface area contributed by atoms with Gasteiger partial charge in [0.1, 0.15) is 0 Å². The third-order valence-corrected chi connectivity index (χ3v) is 3.26. The van der Waals surface area contributed by atoms with Crippen LogP contribution >= 0.6 is 11.6 Å². The molecule has 110 valence electrons. The predicted octanol–water partition coefficient (Wildman–Crippen LogP) is 2.64. The molecule has 0 unspecified atom stereocenters. The average molecular weight is 303 g/mol. The molecule has 1 aromatic carbocycles. The summed E-state index contributed by atoms with van der Waals surface area (Å²) in [6, 6.07) is 13.7. The lowest BCUT2D eigenvalue weighted by molar-refractivity contribution is 0.783. The van der Waals surface area contributed by atoms with E-state index < -0.39 is 0 Å². The maximum atomic E-state index is 5.87. The standard InChI is InChI=1S/C16H19ClN4/c1-18-16(21-12-15-4-2-3-10-19-15)20-11-9-13-5-7-14(17)8-6-13/h2-8,10H,9,11-12H2,1H3,(H2,18,20,21). The summed E-state index contributed by atoms with van der Waals surface area (Å²) in [6.45, 7) is 1.46. The summed E-state index contributed by atoms with van der Waals surface area (Å²) in [7, 11) is 1.76. The maximum Gasteiger partial charge on any atom is 0.191 e. The van der Waals surface area contributed by atoms with E-state index in [2.05, 4.69) is 20.6 Å². The van der Waals surface area contributed by atoms with E-state index in [9.17, 15) is 0 Å². The number of pyridine rings is 1. The van der Waals surface area contributed by atoms with Gasteiger partial charge in [-0.15, -0.1) is 0 Å². The van der Waals surface area contributed by atoms with Crippen molar-refractivity contribution < 1.29 is 0 Å². The number of hydrogen-bond donors (Lipinski definition) is 2. The Bertz CT molecular complexity index is 567. The summed E-state index contributed by atoms with van der Waals surface area (Å²) in [4.78, 5) is 8.46. The first kappa shape index (κ1) is 15.3. The van der Waals surface area contributed by atoms with E-state index in [1.54, 1.807) is 13.2 Å². The van der Waals surface area contributed by atoms with E-state index in [1.807, 2.05) is 42.5 Å². The molecule has 0 saturated carbocycles. The van der Waals surface area contributed by atoms with Gasteiger partial charge >= 0.3 is 0 Å². The molecule has 21 heavy (non-hydrogen) atoms. The number of aliphatic imine (C=N–C) groups is 1. The Morgan fingerprint density at radius 3 is 2.62 bits per heavy atom. The van der Waals surface area contributed by atoms with Crippen molar-refractivity contribution in [1.82, 2.24) is 15.6 Å². The fourth-order valence-corrected chi connectivity index (χ4v) is 2.00. The van der Waals surface area contributed by atoms with Crippen LogP contribution in [0, 0.1) is 0 Å². The van der Waals surface area contributed by atoms with Crippen molar-refractivity contribution in [2.24, 2.45) is 4.99 Å². The smallest absolute Gasteiger partial charge is 0.191 e. The van der Waals surface area contributed by atoms with Crippen molar-refractivity contribution in [2.75, 3.05) is 13.6 Å². The van der Waals surface area contributed by atoms with Crippen molar-refractivity contribution in [3.05, 3.63) is 64.9 Å². The molecule has 0 spiro atoms. The van der Waals surface area contributed by atoms with Gasteiger partial charge in [-0.1, -0.05) is 29.8 Å². The molecule has 1 aromatic heterocycles. The predicted molar refractivity (Wildman–Crippen MR) is 87.6 cm³/mol. The monoisotopic (exact) mass is 302 g/mol. The van der Waals surface area contributed by atoms with Crippen molar-refractivity contribution in [1.29, 1.82) is 0 Å². The lowest BCUT2D eigenvalue weighted by Gasteiger charge is -2.11. The minimum Gasteiger partial charge on any atom is -0.356 e. The first-order chi connectivity index (χ1) is 10.3. The number of nitrogens with zero attached hydrogens (tertiary/aromatic N) is 2. The van der Waals surface area contributed by atoms with Crippen LogP contribution in [0.25, 0.3) is 0 Å². The largest absolute Gasteiger partial charge is 0.356 e. The highest BCUT2D eigenvalue weighted by atomic mass is 35.5. The van der Waals surface area contributed by atoms with E-state index in [4.69, 9.17) is 11.6 Å². The molecule has 0 aliphatic rings.